The summed E-state index contributed by atoms with van der Waals surface area (Å²) in [6.45, 7) is 20.2. The number of anilines is 4. The number of para-hydroxylation sites is 3. The fourth-order valence-electron chi connectivity index (χ4n) is 14.0. The Morgan fingerprint density at radius 3 is 2.14 bits per heavy atom. The molecule has 7 unspecified atom stereocenters. The summed E-state index contributed by atoms with van der Waals surface area (Å²) in [4.78, 5) is 7.98. The van der Waals surface area contributed by atoms with Crippen LogP contribution in [0, 0.1) is 24.0 Å². The number of hydrogen-bond donors (Lipinski definition) is 0. The van der Waals surface area contributed by atoms with Crippen molar-refractivity contribution in [3.63, 3.8) is 0 Å². The summed E-state index contributed by atoms with van der Waals surface area (Å²) in [6.07, 6.45) is 23.9. The Hall–Kier alpha value is -8.06. The highest BCUT2D eigenvalue weighted by atomic mass is 15.2. The molecule has 7 aromatic rings. The molecular weight excluding hydrogens is 943 g/mol. The second-order valence-corrected chi connectivity index (χ2v) is 21.5. The molecule has 0 bridgehead atoms. The van der Waals surface area contributed by atoms with Gasteiger partial charge in [-0.25, -0.2) is 0 Å². The van der Waals surface area contributed by atoms with E-state index in [2.05, 4.69) is 235 Å². The topological polar surface area (TPSA) is 9.72 Å². The van der Waals surface area contributed by atoms with Crippen molar-refractivity contribution in [3.8, 4) is 11.1 Å². The molecule has 6 aliphatic rings. The number of benzene rings is 6. The highest BCUT2D eigenvalue weighted by Crippen LogP contribution is 2.55. The predicted octanol–water partition coefficient (Wildman–Crippen LogP) is 18.7. The lowest BCUT2D eigenvalue weighted by molar-refractivity contribution is 0.410. The Bertz CT molecular complexity index is 3430. The SMILES string of the molecule is C=C/C=C\C=CCCN1c2cc(-c3cc(C(=C)/C=C4\CC5c6ccccc6N(c6ccccc6)C5C4)cc(C4=CCC5C(=C4)N(c4ccccc4)C(Cc4c#cccc4)C5C)c3)ccc2C2c3ccccc3CC21.CC.CC. The van der Waals surface area contributed by atoms with E-state index in [0.29, 0.717) is 41.8 Å². The lowest BCUT2D eigenvalue weighted by atomic mass is 9.82. The lowest BCUT2D eigenvalue weighted by Gasteiger charge is -2.30. The molecule has 3 heterocycles. The van der Waals surface area contributed by atoms with Crippen LogP contribution in [0.15, 0.2) is 237 Å². The van der Waals surface area contributed by atoms with Crippen molar-refractivity contribution in [1.82, 2.24) is 0 Å². The Morgan fingerprint density at radius 1 is 0.641 bits per heavy atom. The van der Waals surface area contributed by atoms with Gasteiger partial charge in [0, 0.05) is 82.9 Å². The first-order chi connectivity index (χ1) is 38.5. The predicted molar refractivity (Wildman–Crippen MR) is 333 cm³/mol. The summed E-state index contributed by atoms with van der Waals surface area (Å²) in [5.74, 6) is 1.69. The van der Waals surface area contributed by atoms with Gasteiger partial charge >= 0.3 is 0 Å². The van der Waals surface area contributed by atoms with Gasteiger partial charge in [0.25, 0.3) is 0 Å². The van der Waals surface area contributed by atoms with E-state index in [4.69, 9.17) is 6.58 Å². The van der Waals surface area contributed by atoms with Crippen LogP contribution in [0.3, 0.4) is 0 Å². The Kier molecular flexibility index (Phi) is 15.5. The van der Waals surface area contributed by atoms with Crippen molar-refractivity contribution in [2.75, 3.05) is 21.2 Å². The molecule has 3 nitrogen and oxygen atoms in total. The third kappa shape index (κ3) is 9.83. The summed E-state index contributed by atoms with van der Waals surface area (Å²) >= 11 is 0. The summed E-state index contributed by atoms with van der Waals surface area (Å²) in [5, 5.41) is 0. The minimum atomic E-state index is 0.303. The first-order valence-corrected chi connectivity index (χ1v) is 29.0. The average Bonchev–Trinajstić information content (AvgIpc) is 4.43. The normalized spacial score (nSPS) is 22.5. The fourth-order valence-corrected chi connectivity index (χ4v) is 14.0. The van der Waals surface area contributed by atoms with Crippen molar-refractivity contribution < 1.29 is 0 Å². The smallest absolute Gasteiger partial charge is 0.0451 e. The van der Waals surface area contributed by atoms with Crippen LogP contribution in [0.25, 0.3) is 22.3 Å². The standard InChI is InChI=1S/C71H63N3.2C2H6/c1-4-5-6-7-8-22-37-72-67-45-52(34-36-63(67)71-61-30-19-18-25-54(61)47-70(71)72)56-42-55(48(2)38-51-39-64-62-31-20-21-32-65(62)73(68(64)41-51)58-26-14-10-15-27-58)43-57(44-56)53-33-35-60-49(3)66(40-50-23-12-9-13-24-50)74(69(60)46-53)59-28-16-11-17-29-59;2*1-2/h4-12,14-21,23,25-34,36,38,42-46,49,60,64,66,68,70-71H,1-2,22,35,37,39-41,47H2,3H3;2*1-2H3/b6-5-,8-7?,51-38+;;. The van der Waals surface area contributed by atoms with E-state index in [1.54, 1.807) is 0 Å². The fraction of sp³-hybridized carbons (Fsp3) is 0.253. The molecule has 0 amide bonds. The van der Waals surface area contributed by atoms with Crippen LogP contribution in [-0.2, 0) is 12.8 Å². The molecule has 1 saturated carbocycles. The molecule has 390 valence electrons. The van der Waals surface area contributed by atoms with Gasteiger partial charge in [-0.3, -0.25) is 0 Å². The lowest BCUT2D eigenvalue weighted by Crippen LogP contribution is -2.33. The molecule has 3 heteroatoms. The van der Waals surface area contributed by atoms with E-state index < -0.39 is 0 Å². The Morgan fingerprint density at radius 2 is 1.37 bits per heavy atom. The van der Waals surface area contributed by atoms with Gasteiger partial charge in [-0.15, -0.1) is 0 Å². The molecule has 7 aromatic carbocycles. The van der Waals surface area contributed by atoms with Gasteiger partial charge in [-0.1, -0.05) is 205 Å². The quantitative estimate of drug-likeness (QED) is 0.107. The molecule has 13 rings (SSSR count). The van der Waals surface area contributed by atoms with Crippen LogP contribution in [0.5, 0.6) is 0 Å². The van der Waals surface area contributed by atoms with Gasteiger partial charge in [-0.05, 0) is 166 Å². The zero-order valence-electron chi connectivity index (χ0n) is 46.5. The molecule has 2 fully saturated rings. The second kappa shape index (κ2) is 23.3. The van der Waals surface area contributed by atoms with E-state index in [0.717, 1.165) is 50.6 Å². The molecule has 7 atom stereocenters. The van der Waals surface area contributed by atoms with Crippen molar-refractivity contribution in [1.29, 1.82) is 0 Å². The second-order valence-electron chi connectivity index (χ2n) is 21.5. The van der Waals surface area contributed by atoms with Crippen molar-refractivity contribution >= 4 is 33.9 Å². The molecule has 0 radical (unpaired) electrons. The largest absolute Gasteiger partial charge is 0.367 e. The zero-order chi connectivity index (χ0) is 53.7. The molecule has 0 N–H and O–H groups in total. The molecule has 0 spiro atoms. The van der Waals surface area contributed by atoms with Crippen LogP contribution in [0.4, 0.5) is 22.7 Å². The van der Waals surface area contributed by atoms with Gasteiger partial charge < -0.3 is 14.7 Å². The van der Waals surface area contributed by atoms with Crippen LogP contribution >= 0.6 is 0 Å². The van der Waals surface area contributed by atoms with E-state index in [-0.39, 0.29) is 0 Å². The summed E-state index contributed by atoms with van der Waals surface area (Å²) in [5.41, 5.74) is 22.5. The van der Waals surface area contributed by atoms with Crippen LogP contribution < -0.4 is 14.7 Å². The maximum Gasteiger partial charge on any atom is 0.0451 e. The third-order valence-electron chi connectivity index (χ3n) is 17.3. The summed E-state index contributed by atoms with van der Waals surface area (Å²) in [6, 6.07) is 69.0. The van der Waals surface area contributed by atoms with E-state index >= 15 is 0 Å². The van der Waals surface area contributed by atoms with E-state index in [1.165, 1.54) is 89.7 Å². The number of allylic oxidation sites excluding steroid dienone is 10. The van der Waals surface area contributed by atoms with Crippen LogP contribution in [0.2, 0.25) is 0 Å². The maximum atomic E-state index is 4.92. The van der Waals surface area contributed by atoms with Crippen LogP contribution in [0.1, 0.15) is 111 Å². The minimum Gasteiger partial charge on any atom is -0.367 e. The van der Waals surface area contributed by atoms with Crippen LogP contribution in [-0.4, -0.2) is 24.7 Å². The van der Waals surface area contributed by atoms with E-state index in [1.807, 2.05) is 45.9 Å². The van der Waals surface area contributed by atoms with Gasteiger partial charge in [0.1, 0.15) is 0 Å². The number of rotatable bonds is 13. The number of fused-ring (bicyclic) bond motifs is 9. The zero-order valence-corrected chi connectivity index (χ0v) is 46.5. The molecule has 1 saturated heterocycles. The molecule has 0 aromatic heterocycles. The molecule has 78 heavy (non-hydrogen) atoms. The maximum absolute atomic E-state index is 4.92. The summed E-state index contributed by atoms with van der Waals surface area (Å²) in [7, 11) is 0. The Balaban J connectivity index is 0.00000158. The molecule has 3 aliphatic carbocycles. The molecular formula is C75H75N3. The minimum absolute atomic E-state index is 0.303. The van der Waals surface area contributed by atoms with Gasteiger partial charge in [0.15, 0.2) is 0 Å². The van der Waals surface area contributed by atoms with Crippen molar-refractivity contribution in [3.05, 3.63) is 288 Å². The monoisotopic (exact) mass is 1020 g/mol. The van der Waals surface area contributed by atoms with Crippen molar-refractivity contribution in [2.45, 2.75) is 103 Å². The highest BCUT2D eigenvalue weighted by Gasteiger charge is 2.46. The number of nitrogens with zero attached hydrogens (tertiary/aromatic N) is 3. The van der Waals surface area contributed by atoms with E-state index in [9.17, 15) is 0 Å². The first kappa shape index (κ1) is 52.0. The van der Waals surface area contributed by atoms with Gasteiger partial charge in [-0.2, -0.15) is 0 Å². The molecule has 3 aliphatic heterocycles. The van der Waals surface area contributed by atoms with Gasteiger partial charge in [0.05, 0.1) is 0 Å². The number of hydrogen-bond acceptors (Lipinski definition) is 3. The Labute approximate surface area is 466 Å². The van der Waals surface area contributed by atoms with Crippen molar-refractivity contribution in [2.24, 2.45) is 11.8 Å². The first-order valence-electron chi connectivity index (χ1n) is 29.0. The van der Waals surface area contributed by atoms with Gasteiger partial charge in [0.2, 0.25) is 0 Å². The average molecular weight is 1020 g/mol. The summed E-state index contributed by atoms with van der Waals surface area (Å²) < 4.78 is 0. The highest BCUT2D eigenvalue weighted by molar-refractivity contribution is 5.87. The third-order valence-corrected chi connectivity index (χ3v) is 17.3.